The molecule has 1 unspecified atom stereocenters. The van der Waals surface area contributed by atoms with Gasteiger partial charge in [-0.25, -0.2) is 15.0 Å². The van der Waals surface area contributed by atoms with E-state index in [2.05, 4.69) is 4.99 Å². The minimum atomic E-state index is -0.231. The molecule has 1 heterocycles. The number of amides is 2. The Hall–Kier alpha value is -2.01. The monoisotopic (exact) mass is 273 g/mol. The van der Waals surface area contributed by atoms with Crippen LogP contribution >= 0.6 is 0 Å². The molecule has 0 bridgehead atoms. The molecule has 0 N–H and O–H groups in total. The molecule has 1 aromatic rings. The molecule has 1 atom stereocenters. The maximum atomic E-state index is 12.5. The lowest BCUT2D eigenvalue weighted by Crippen LogP contribution is -2.38. The van der Waals surface area contributed by atoms with Gasteiger partial charge in [0.1, 0.15) is 5.71 Å². The molecular weight excluding hydrogens is 254 g/mol. The average Bonchev–Trinajstić information content (AvgIpc) is 2.64. The third-order valence-electron chi connectivity index (χ3n) is 3.39. The molecule has 1 aromatic carbocycles. The molecule has 1 aliphatic rings. The highest BCUT2D eigenvalue weighted by atomic mass is 16.2. The van der Waals surface area contributed by atoms with Gasteiger partial charge in [0.2, 0.25) is 5.91 Å². The van der Waals surface area contributed by atoms with E-state index < -0.39 is 0 Å². The normalized spacial score (nSPS) is 21.8. The van der Waals surface area contributed by atoms with E-state index in [1.54, 1.807) is 10.0 Å². The van der Waals surface area contributed by atoms with Crippen LogP contribution in [0.5, 0.6) is 0 Å². The van der Waals surface area contributed by atoms with E-state index in [1.807, 2.05) is 51.2 Å². The maximum Gasteiger partial charge on any atom is 0.289 e. The Balaban J connectivity index is 2.31. The van der Waals surface area contributed by atoms with Crippen LogP contribution in [0.1, 0.15) is 26.7 Å². The first-order valence-electron chi connectivity index (χ1n) is 6.80. The maximum absolute atomic E-state index is 12.5. The molecule has 0 saturated carbocycles. The van der Waals surface area contributed by atoms with Crippen LogP contribution in [0.3, 0.4) is 0 Å². The zero-order valence-electron chi connectivity index (χ0n) is 12.0. The lowest BCUT2D eigenvalue weighted by molar-refractivity contribution is -0.118. The zero-order valence-corrected chi connectivity index (χ0v) is 12.0. The summed E-state index contributed by atoms with van der Waals surface area (Å²) in [5.41, 5.74) is 1.09. The van der Waals surface area contributed by atoms with Crippen LogP contribution in [0, 0.1) is 0 Å². The van der Waals surface area contributed by atoms with Crippen molar-refractivity contribution in [3.63, 3.8) is 0 Å². The van der Waals surface area contributed by atoms with Gasteiger partial charge in [-0.05, 0) is 25.5 Å². The van der Waals surface area contributed by atoms with Gasteiger partial charge in [0, 0.05) is 13.5 Å². The van der Waals surface area contributed by atoms with Gasteiger partial charge in [-0.15, -0.1) is 0 Å². The predicted octanol–water partition coefficient (Wildman–Crippen LogP) is 2.04. The van der Waals surface area contributed by atoms with Gasteiger partial charge >= 0.3 is 0 Å². The van der Waals surface area contributed by atoms with Crippen molar-refractivity contribution < 1.29 is 9.59 Å². The minimum Gasteiger partial charge on any atom is -0.273 e. The average molecular weight is 273 g/mol. The molecule has 0 aliphatic carbocycles. The van der Waals surface area contributed by atoms with E-state index in [1.165, 1.54) is 0 Å². The fraction of sp³-hybridized carbons (Fsp3) is 0.400. The second kappa shape index (κ2) is 5.96. The standard InChI is InChI=1S/C15H19N3O2/c1-4-8-13(19)16-14-11(2)17(3)18(15(14)20)12-9-6-5-7-10-12/h5-7,9-11H,4,8H2,1-3H3. The number of carbonyl (C=O) groups excluding carboxylic acids is 2. The topological polar surface area (TPSA) is 53.0 Å². The summed E-state index contributed by atoms with van der Waals surface area (Å²) >= 11 is 0. The summed E-state index contributed by atoms with van der Waals surface area (Å²) in [7, 11) is 1.82. The first-order chi connectivity index (χ1) is 9.56. The fourth-order valence-electron chi connectivity index (χ4n) is 2.19. The molecule has 1 aliphatic heterocycles. The van der Waals surface area contributed by atoms with E-state index in [4.69, 9.17) is 0 Å². The van der Waals surface area contributed by atoms with Crippen molar-refractivity contribution in [1.29, 1.82) is 0 Å². The molecule has 5 heteroatoms. The Kier molecular flexibility index (Phi) is 4.29. The van der Waals surface area contributed by atoms with Crippen LogP contribution in [-0.4, -0.2) is 35.6 Å². The summed E-state index contributed by atoms with van der Waals surface area (Å²) in [6, 6.07) is 9.16. The quantitative estimate of drug-likeness (QED) is 0.846. The van der Waals surface area contributed by atoms with E-state index in [-0.39, 0.29) is 17.9 Å². The first-order valence-corrected chi connectivity index (χ1v) is 6.80. The number of hydrogen-bond acceptors (Lipinski definition) is 3. The minimum absolute atomic E-state index is 0.205. The zero-order chi connectivity index (χ0) is 14.7. The number of rotatable bonds is 3. The van der Waals surface area contributed by atoms with Gasteiger partial charge in [0.05, 0.1) is 11.7 Å². The van der Waals surface area contributed by atoms with Crippen molar-refractivity contribution in [1.82, 2.24) is 5.01 Å². The summed E-state index contributed by atoms with van der Waals surface area (Å²) < 4.78 is 0. The third-order valence-corrected chi connectivity index (χ3v) is 3.39. The van der Waals surface area contributed by atoms with Gasteiger partial charge in [0.25, 0.3) is 5.91 Å². The molecule has 0 radical (unpaired) electrons. The Morgan fingerprint density at radius 3 is 2.55 bits per heavy atom. The Bertz CT molecular complexity index is 539. The van der Waals surface area contributed by atoms with Gasteiger partial charge in [-0.2, -0.15) is 0 Å². The SMILES string of the molecule is CCCC(=O)N=C1C(=O)N(c2ccccc2)N(C)C1C. The van der Waals surface area contributed by atoms with Crippen molar-refractivity contribution in [2.45, 2.75) is 32.7 Å². The van der Waals surface area contributed by atoms with Crippen molar-refractivity contribution in [3.05, 3.63) is 30.3 Å². The number of anilines is 1. The molecule has 0 aromatic heterocycles. The second-order valence-corrected chi connectivity index (χ2v) is 4.84. The van der Waals surface area contributed by atoms with Gasteiger partial charge < -0.3 is 0 Å². The Morgan fingerprint density at radius 2 is 1.95 bits per heavy atom. The number of para-hydroxylation sites is 1. The largest absolute Gasteiger partial charge is 0.289 e. The van der Waals surface area contributed by atoms with E-state index >= 15 is 0 Å². The van der Waals surface area contributed by atoms with Gasteiger partial charge in [-0.3, -0.25) is 9.59 Å². The van der Waals surface area contributed by atoms with E-state index in [0.29, 0.717) is 12.1 Å². The Labute approximate surface area is 118 Å². The molecule has 2 amide bonds. The second-order valence-electron chi connectivity index (χ2n) is 4.84. The molecule has 1 fully saturated rings. The van der Waals surface area contributed by atoms with Crippen molar-refractivity contribution in [2.24, 2.45) is 4.99 Å². The molecular formula is C15H19N3O2. The lowest BCUT2D eigenvalue weighted by Gasteiger charge is -2.25. The number of hydrazine groups is 1. The highest BCUT2D eigenvalue weighted by molar-refractivity contribution is 6.48. The highest BCUT2D eigenvalue weighted by Gasteiger charge is 2.40. The third kappa shape index (κ3) is 2.63. The summed E-state index contributed by atoms with van der Waals surface area (Å²) in [5, 5.41) is 3.36. The lowest BCUT2D eigenvalue weighted by atomic mass is 10.2. The number of aliphatic imine (C=N–C) groups is 1. The van der Waals surface area contributed by atoms with Gasteiger partial charge in [0.15, 0.2) is 0 Å². The first kappa shape index (κ1) is 14.4. The van der Waals surface area contributed by atoms with E-state index in [9.17, 15) is 9.59 Å². The van der Waals surface area contributed by atoms with Crippen molar-refractivity contribution in [2.75, 3.05) is 12.1 Å². The van der Waals surface area contributed by atoms with Gasteiger partial charge in [-0.1, -0.05) is 25.1 Å². The number of carbonyl (C=O) groups is 2. The van der Waals surface area contributed by atoms with Crippen LogP contribution in [0.15, 0.2) is 35.3 Å². The highest BCUT2D eigenvalue weighted by Crippen LogP contribution is 2.24. The summed E-state index contributed by atoms with van der Waals surface area (Å²) in [5.74, 6) is -0.457. The summed E-state index contributed by atoms with van der Waals surface area (Å²) in [6.07, 6.45) is 1.11. The summed E-state index contributed by atoms with van der Waals surface area (Å²) in [6.45, 7) is 3.79. The molecule has 106 valence electrons. The van der Waals surface area contributed by atoms with Crippen LogP contribution in [-0.2, 0) is 9.59 Å². The molecule has 2 rings (SSSR count). The number of benzene rings is 1. The summed E-state index contributed by atoms with van der Waals surface area (Å²) in [4.78, 5) is 28.1. The van der Waals surface area contributed by atoms with Crippen molar-refractivity contribution >= 4 is 23.2 Å². The number of nitrogens with zero attached hydrogens (tertiary/aromatic N) is 3. The Morgan fingerprint density at radius 1 is 1.30 bits per heavy atom. The molecule has 0 spiro atoms. The van der Waals surface area contributed by atoms with Crippen LogP contribution in [0.25, 0.3) is 0 Å². The van der Waals surface area contributed by atoms with Crippen LogP contribution < -0.4 is 5.01 Å². The molecule has 1 saturated heterocycles. The smallest absolute Gasteiger partial charge is 0.273 e. The van der Waals surface area contributed by atoms with Crippen molar-refractivity contribution in [3.8, 4) is 0 Å². The van der Waals surface area contributed by atoms with E-state index in [0.717, 1.165) is 12.1 Å². The fourth-order valence-corrected chi connectivity index (χ4v) is 2.19. The number of hydrogen-bond donors (Lipinski definition) is 0. The molecule has 20 heavy (non-hydrogen) atoms. The van der Waals surface area contributed by atoms with Crippen LogP contribution in [0.4, 0.5) is 5.69 Å². The molecule has 5 nitrogen and oxygen atoms in total. The predicted molar refractivity (Wildman–Crippen MR) is 78.5 cm³/mol. The van der Waals surface area contributed by atoms with Crippen LogP contribution in [0.2, 0.25) is 0 Å².